The summed E-state index contributed by atoms with van der Waals surface area (Å²) in [6.45, 7) is 3.36. The molecule has 5 nitrogen and oxygen atoms in total. The number of amides is 1. The van der Waals surface area contributed by atoms with Crippen LogP contribution in [-0.4, -0.2) is 43.4 Å². The number of hydrogen-bond acceptors (Lipinski definition) is 4. The summed E-state index contributed by atoms with van der Waals surface area (Å²) in [5.74, 6) is 0.576. The van der Waals surface area contributed by atoms with Gasteiger partial charge >= 0.3 is 0 Å². The minimum absolute atomic E-state index is 0.0578. The van der Waals surface area contributed by atoms with E-state index in [0.29, 0.717) is 6.54 Å². The molecule has 2 rings (SSSR count). The number of aliphatic hydroxyl groups is 1. The van der Waals surface area contributed by atoms with Gasteiger partial charge in [0.1, 0.15) is 5.75 Å². The zero-order valence-corrected chi connectivity index (χ0v) is 13.2. The lowest BCUT2D eigenvalue weighted by atomic mass is 9.91. The van der Waals surface area contributed by atoms with E-state index in [-0.39, 0.29) is 12.5 Å². The Hall–Kier alpha value is -1.85. The predicted octanol–water partition coefficient (Wildman–Crippen LogP) is 1.33. The van der Waals surface area contributed by atoms with Crippen molar-refractivity contribution >= 4 is 11.5 Å². The Labute approximate surface area is 131 Å². The summed E-state index contributed by atoms with van der Waals surface area (Å²) in [6, 6.07) is 7.59. The quantitative estimate of drug-likeness (QED) is 0.718. The van der Waals surface area contributed by atoms with Crippen molar-refractivity contribution in [1.29, 1.82) is 0 Å². The Bertz CT molecular complexity index is 549. The summed E-state index contributed by atoms with van der Waals surface area (Å²) >= 11 is 0. The third-order valence-electron chi connectivity index (χ3n) is 4.04. The average molecular weight is 304 g/mol. The van der Waals surface area contributed by atoms with Gasteiger partial charge in [-0.2, -0.15) is 0 Å². The number of rotatable bonds is 5. The van der Waals surface area contributed by atoms with Crippen LogP contribution < -0.4 is 15.4 Å². The van der Waals surface area contributed by atoms with Crippen molar-refractivity contribution in [3.05, 3.63) is 35.9 Å². The first-order valence-electron chi connectivity index (χ1n) is 7.55. The first-order chi connectivity index (χ1) is 10.6. The first kappa shape index (κ1) is 16.5. The van der Waals surface area contributed by atoms with Gasteiger partial charge in [-0.25, -0.2) is 0 Å². The number of nitrogens with one attached hydrogen (secondary N) is 2. The third-order valence-corrected chi connectivity index (χ3v) is 4.04. The molecule has 1 aliphatic rings. The van der Waals surface area contributed by atoms with Gasteiger partial charge in [-0.15, -0.1) is 0 Å². The molecule has 1 amide bonds. The number of carbonyl (C=O) groups excluding carboxylic acids is 1. The molecule has 1 aliphatic heterocycles. The summed E-state index contributed by atoms with van der Waals surface area (Å²) < 4.78 is 5.20. The lowest BCUT2D eigenvalue weighted by molar-refractivity contribution is -0.119. The maximum atomic E-state index is 12.3. The Morgan fingerprint density at radius 3 is 3.00 bits per heavy atom. The van der Waals surface area contributed by atoms with Crippen molar-refractivity contribution in [3.8, 4) is 5.75 Å². The maximum absolute atomic E-state index is 12.3. The number of hydrogen-bond donors (Lipinski definition) is 3. The van der Waals surface area contributed by atoms with Gasteiger partial charge in [0.25, 0.3) is 0 Å². The highest BCUT2D eigenvalue weighted by Gasteiger charge is 2.32. The molecule has 22 heavy (non-hydrogen) atoms. The maximum Gasteiger partial charge on any atom is 0.244 e. The lowest BCUT2D eigenvalue weighted by Crippen LogP contribution is -2.59. The molecule has 1 unspecified atom stereocenters. The largest absolute Gasteiger partial charge is 0.497 e. The van der Waals surface area contributed by atoms with Gasteiger partial charge in [0.15, 0.2) is 0 Å². The summed E-state index contributed by atoms with van der Waals surface area (Å²) in [4.78, 5) is 12.3. The third kappa shape index (κ3) is 4.08. The molecule has 0 aliphatic carbocycles. The summed E-state index contributed by atoms with van der Waals surface area (Å²) in [5, 5.41) is 15.8. The van der Waals surface area contributed by atoms with Gasteiger partial charge in [-0.1, -0.05) is 12.1 Å². The van der Waals surface area contributed by atoms with Crippen LogP contribution in [0.3, 0.4) is 0 Å². The van der Waals surface area contributed by atoms with Gasteiger partial charge in [0, 0.05) is 12.6 Å². The monoisotopic (exact) mass is 304 g/mol. The smallest absolute Gasteiger partial charge is 0.244 e. The highest BCUT2D eigenvalue weighted by Crippen LogP contribution is 2.20. The molecule has 5 heteroatoms. The van der Waals surface area contributed by atoms with E-state index in [2.05, 4.69) is 10.6 Å². The molecule has 1 atom stereocenters. The molecule has 1 saturated heterocycles. The predicted molar refractivity (Wildman–Crippen MR) is 86.7 cm³/mol. The second-order valence-corrected chi connectivity index (χ2v) is 5.77. The van der Waals surface area contributed by atoms with E-state index < -0.39 is 5.54 Å². The number of piperidine rings is 1. The van der Waals surface area contributed by atoms with Crippen molar-refractivity contribution in [1.82, 2.24) is 10.6 Å². The van der Waals surface area contributed by atoms with E-state index in [9.17, 15) is 9.90 Å². The van der Waals surface area contributed by atoms with Crippen molar-refractivity contribution in [2.45, 2.75) is 25.3 Å². The molecule has 0 saturated carbocycles. The van der Waals surface area contributed by atoms with Gasteiger partial charge < -0.3 is 20.5 Å². The minimum atomic E-state index is -0.555. The Balaban J connectivity index is 2.08. The number of allylic oxidation sites excluding steroid dienone is 1. The first-order valence-corrected chi connectivity index (χ1v) is 7.55. The van der Waals surface area contributed by atoms with Gasteiger partial charge in [-0.05, 0) is 49.6 Å². The fraction of sp³-hybridized carbons (Fsp3) is 0.471. The number of benzene rings is 1. The van der Waals surface area contributed by atoms with Crippen LogP contribution >= 0.6 is 0 Å². The average Bonchev–Trinajstić information content (AvgIpc) is 2.55. The van der Waals surface area contributed by atoms with Crippen LogP contribution in [0.15, 0.2) is 30.3 Å². The second kappa shape index (κ2) is 7.42. The van der Waals surface area contributed by atoms with Gasteiger partial charge in [0.2, 0.25) is 5.91 Å². The molecule has 3 N–H and O–H groups in total. The molecular formula is C17H24N2O3. The topological polar surface area (TPSA) is 70.6 Å². The molecule has 1 heterocycles. The summed E-state index contributed by atoms with van der Waals surface area (Å²) in [5.41, 5.74) is 1.24. The lowest BCUT2D eigenvalue weighted by Gasteiger charge is -2.36. The number of ether oxygens (including phenoxy) is 1. The van der Waals surface area contributed by atoms with Crippen molar-refractivity contribution in [2.75, 3.05) is 26.8 Å². The molecule has 0 bridgehead atoms. The van der Waals surface area contributed by atoms with Crippen LogP contribution in [0.4, 0.5) is 0 Å². The summed E-state index contributed by atoms with van der Waals surface area (Å²) in [7, 11) is 1.62. The minimum Gasteiger partial charge on any atom is -0.497 e. The number of carbonyl (C=O) groups is 1. The molecule has 0 aromatic heterocycles. The van der Waals surface area contributed by atoms with Crippen LogP contribution in [0.1, 0.15) is 25.3 Å². The molecule has 0 spiro atoms. The van der Waals surface area contributed by atoms with E-state index in [4.69, 9.17) is 4.74 Å². The van der Waals surface area contributed by atoms with Crippen molar-refractivity contribution < 1.29 is 14.6 Å². The molecule has 120 valence electrons. The molecule has 1 aromatic rings. The van der Waals surface area contributed by atoms with Gasteiger partial charge in [0.05, 0.1) is 19.3 Å². The number of aliphatic hydroxyl groups excluding tert-OH is 1. The van der Waals surface area contributed by atoms with Crippen LogP contribution in [0.25, 0.3) is 5.57 Å². The molecule has 1 aromatic carbocycles. The van der Waals surface area contributed by atoms with Crippen molar-refractivity contribution in [3.63, 3.8) is 0 Å². The molecule has 0 radical (unpaired) electrons. The second-order valence-electron chi connectivity index (χ2n) is 5.77. The van der Waals surface area contributed by atoms with E-state index in [1.54, 1.807) is 13.2 Å². The molecular weight excluding hydrogens is 280 g/mol. The SMILES string of the molecule is COc1cccc(C(C)=CC(=O)NC2(CO)CCCNC2)c1. The van der Waals surface area contributed by atoms with Crippen LogP contribution in [0, 0.1) is 0 Å². The van der Waals surface area contributed by atoms with E-state index in [0.717, 1.165) is 36.3 Å². The fourth-order valence-corrected chi connectivity index (χ4v) is 2.69. The van der Waals surface area contributed by atoms with E-state index in [1.165, 1.54) is 0 Å². The highest BCUT2D eigenvalue weighted by molar-refractivity contribution is 5.95. The zero-order valence-electron chi connectivity index (χ0n) is 13.2. The fourth-order valence-electron chi connectivity index (χ4n) is 2.69. The molecule has 1 fully saturated rings. The van der Waals surface area contributed by atoms with E-state index >= 15 is 0 Å². The van der Waals surface area contributed by atoms with Crippen LogP contribution in [0.5, 0.6) is 5.75 Å². The van der Waals surface area contributed by atoms with E-state index in [1.807, 2.05) is 31.2 Å². The number of methoxy groups -OCH3 is 1. The summed E-state index contributed by atoms with van der Waals surface area (Å²) in [6.07, 6.45) is 3.30. The Morgan fingerprint density at radius 2 is 2.36 bits per heavy atom. The van der Waals surface area contributed by atoms with Crippen LogP contribution in [-0.2, 0) is 4.79 Å². The zero-order chi connectivity index (χ0) is 16.0. The van der Waals surface area contributed by atoms with Crippen molar-refractivity contribution in [2.24, 2.45) is 0 Å². The Morgan fingerprint density at radius 1 is 1.55 bits per heavy atom. The Kier molecular flexibility index (Phi) is 5.57. The normalized spacial score (nSPS) is 22.2. The van der Waals surface area contributed by atoms with Crippen LogP contribution in [0.2, 0.25) is 0 Å². The van der Waals surface area contributed by atoms with Gasteiger partial charge in [-0.3, -0.25) is 4.79 Å². The highest BCUT2D eigenvalue weighted by atomic mass is 16.5. The standard InChI is InChI=1S/C17H24N2O3/c1-13(14-5-3-6-15(10-14)22-2)9-16(21)19-17(12-20)7-4-8-18-11-17/h3,5-6,9-10,18,20H,4,7-8,11-12H2,1-2H3,(H,19,21).